The highest BCUT2D eigenvalue weighted by Gasteiger charge is 2.26. The molecule has 2 heterocycles. The molecule has 11 nitrogen and oxygen atoms in total. The summed E-state index contributed by atoms with van der Waals surface area (Å²) in [6.45, 7) is 0.298. The maximum absolute atomic E-state index is 12.9. The third-order valence-corrected chi connectivity index (χ3v) is 5.85. The first kappa shape index (κ1) is 22.1. The molecule has 0 fully saturated rings. The summed E-state index contributed by atoms with van der Waals surface area (Å²) in [7, 11) is 1.59. The second-order valence-corrected chi connectivity index (χ2v) is 8.04. The lowest BCUT2D eigenvalue weighted by atomic mass is 10.0. The van der Waals surface area contributed by atoms with Crippen molar-refractivity contribution in [2.24, 2.45) is 0 Å². The van der Waals surface area contributed by atoms with Gasteiger partial charge in [0.25, 0.3) is 11.8 Å². The van der Waals surface area contributed by atoms with Crippen LogP contribution in [0.4, 0.5) is 0 Å². The van der Waals surface area contributed by atoms with E-state index in [1.165, 1.54) is 12.4 Å². The largest absolute Gasteiger partial charge is 0.497 e. The summed E-state index contributed by atoms with van der Waals surface area (Å²) in [6, 6.07) is 14.5. The molecule has 0 radical (unpaired) electrons. The molecular weight excluding hydrogens is 448 g/mol. The van der Waals surface area contributed by atoms with Crippen molar-refractivity contribution >= 4 is 11.8 Å². The number of hydrogen-bond donors (Lipinski definition) is 3. The number of fused-ring (bicyclic) bond motifs is 1. The number of benzene rings is 2. The van der Waals surface area contributed by atoms with Gasteiger partial charge in [0.1, 0.15) is 23.5 Å². The van der Waals surface area contributed by atoms with Crippen LogP contribution in [-0.4, -0.2) is 49.5 Å². The molecule has 1 aliphatic rings. The molecular formula is C24H22N8O3. The average molecular weight is 470 g/mol. The second kappa shape index (κ2) is 9.67. The first-order valence-corrected chi connectivity index (χ1v) is 11.0. The van der Waals surface area contributed by atoms with Gasteiger partial charge in [0.2, 0.25) is 5.82 Å². The number of carbonyl (C=O) groups is 2. The molecule has 0 spiro atoms. The van der Waals surface area contributed by atoms with Crippen molar-refractivity contribution in [3.63, 3.8) is 0 Å². The molecule has 0 saturated heterocycles. The fourth-order valence-corrected chi connectivity index (χ4v) is 4.08. The molecule has 2 aromatic carbocycles. The van der Waals surface area contributed by atoms with E-state index in [-0.39, 0.29) is 23.3 Å². The fourth-order valence-electron chi connectivity index (χ4n) is 4.08. The molecule has 176 valence electrons. The molecule has 0 bridgehead atoms. The van der Waals surface area contributed by atoms with Crippen molar-refractivity contribution in [3.05, 3.63) is 82.9 Å². The lowest BCUT2D eigenvalue weighted by Gasteiger charge is -2.14. The van der Waals surface area contributed by atoms with Gasteiger partial charge in [-0.05, 0) is 52.9 Å². The summed E-state index contributed by atoms with van der Waals surface area (Å²) in [5.74, 6) is 0.467. The van der Waals surface area contributed by atoms with Crippen LogP contribution in [0, 0.1) is 0 Å². The number of ether oxygens (including phenoxy) is 1. The van der Waals surface area contributed by atoms with E-state index in [0.717, 1.165) is 35.1 Å². The van der Waals surface area contributed by atoms with Crippen LogP contribution in [0.3, 0.4) is 0 Å². The van der Waals surface area contributed by atoms with Crippen LogP contribution in [0.2, 0.25) is 0 Å². The minimum atomic E-state index is -0.399. The Bertz CT molecular complexity index is 1370. The Labute approximate surface area is 200 Å². The molecule has 35 heavy (non-hydrogen) atoms. The Morgan fingerprint density at radius 1 is 1.09 bits per heavy atom. The first-order chi connectivity index (χ1) is 17.1. The van der Waals surface area contributed by atoms with Crippen LogP contribution in [0.5, 0.6) is 5.75 Å². The summed E-state index contributed by atoms with van der Waals surface area (Å²) in [5, 5.41) is 19.9. The molecule has 2 amide bonds. The zero-order chi connectivity index (χ0) is 24.2. The van der Waals surface area contributed by atoms with Gasteiger partial charge in [0.05, 0.1) is 13.2 Å². The van der Waals surface area contributed by atoms with Crippen LogP contribution >= 0.6 is 0 Å². The van der Waals surface area contributed by atoms with Crippen LogP contribution in [-0.2, 0) is 13.0 Å². The summed E-state index contributed by atoms with van der Waals surface area (Å²) in [5.41, 5.74) is 4.15. The quantitative estimate of drug-likeness (QED) is 0.372. The van der Waals surface area contributed by atoms with E-state index >= 15 is 0 Å². The molecule has 0 aliphatic heterocycles. The van der Waals surface area contributed by atoms with Gasteiger partial charge in [-0.25, -0.2) is 9.97 Å². The lowest BCUT2D eigenvalue weighted by molar-refractivity contribution is 0.0931. The van der Waals surface area contributed by atoms with E-state index in [2.05, 4.69) is 41.2 Å². The smallest absolute Gasteiger partial charge is 0.270 e. The van der Waals surface area contributed by atoms with Crippen molar-refractivity contribution in [2.45, 2.75) is 25.4 Å². The Balaban J connectivity index is 1.24. The number of amides is 2. The average Bonchev–Trinajstić information content (AvgIpc) is 3.58. The molecule has 3 N–H and O–H groups in total. The Hall–Kier alpha value is -4.67. The summed E-state index contributed by atoms with van der Waals surface area (Å²) in [6.07, 6.45) is 2.79. The third-order valence-electron chi connectivity index (χ3n) is 5.85. The van der Waals surface area contributed by atoms with E-state index in [0.29, 0.717) is 18.1 Å². The zero-order valence-electron chi connectivity index (χ0n) is 18.9. The molecule has 11 heteroatoms. The summed E-state index contributed by atoms with van der Waals surface area (Å²) < 4.78 is 5.20. The highest BCUT2D eigenvalue weighted by atomic mass is 16.5. The van der Waals surface area contributed by atoms with Crippen molar-refractivity contribution < 1.29 is 14.3 Å². The van der Waals surface area contributed by atoms with Gasteiger partial charge in [-0.3, -0.25) is 9.59 Å². The third kappa shape index (κ3) is 4.83. The first-order valence-electron chi connectivity index (χ1n) is 11.0. The molecule has 0 saturated carbocycles. The maximum Gasteiger partial charge on any atom is 0.270 e. The molecule has 0 unspecified atom stereocenters. The number of aromatic nitrogens is 6. The van der Waals surface area contributed by atoms with Crippen LogP contribution in [0.15, 0.2) is 54.9 Å². The monoisotopic (exact) mass is 470 g/mol. The number of aryl methyl sites for hydroxylation is 1. The SMILES string of the molecule is COc1cccc(CNC(=O)c2cc(C(=O)N[C@H]3CCc4cc(-c5nn[nH]n5)ccc43)ncn2)c1. The Morgan fingerprint density at radius 2 is 1.94 bits per heavy atom. The van der Waals surface area contributed by atoms with E-state index < -0.39 is 5.91 Å². The standard InChI is InChI=1S/C24H22N8O3/c1-35-17-4-2-3-14(9-17)12-25-23(33)20-11-21(27-13-26-20)24(34)28-19-8-6-15-10-16(5-7-18(15)19)22-29-31-32-30-22/h2-5,7,9-11,13,19H,6,8,12H2,1H3,(H,25,33)(H,28,34)(H,29,30,31,32)/t19-/m0/s1. The molecule has 5 rings (SSSR count). The van der Waals surface area contributed by atoms with E-state index in [9.17, 15) is 9.59 Å². The molecule has 1 atom stereocenters. The van der Waals surface area contributed by atoms with Gasteiger partial charge in [0.15, 0.2) is 0 Å². The van der Waals surface area contributed by atoms with Crippen molar-refractivity contribution in [2.75, 3.05) is 7.11 Å². The van der Waals surface area contributed by atoms with Crippen LogP contribution in [0.25, 0.3) is 11.4 Å². The highest BCUT2D eigenvalue weighted by Crippen LogP contribution is 2.33. The van der Waals surface area contributed by atoms with E-state index in [1.54, 1.807) is 7.11 Å². The van der Waals surface area contributed by atoms with E-state index in [4.69, 9.17) is 4.74 Å². The number of H-pyrrole nitrogens is 1. The van der Waals surface area contributed by atoms with Crippen molar-refractivity contribution in [1.82, 2.24) is 41.2 Å². The topological polar surface area (TPSA) is 148 Å². The van der Waals surface area contributed by atoms with Gasteiger partial charge in [-0.15, -0.1) is 10.2 Å². The number of hydrogen-bond acceptors (Lipinski definition) is 8. The second-order valence-electron chi connectivity index (χ2n) is 8.04. The van der Waals surface area contributed by atoms with Gasteiger partial charge in [-0.1, -0.05) is 24.3 Å². The summed E-state index contributed by atoms with van der Waals surface area (Å²) in [4.78, 5) is 33.6. The molecule has 1 aliphatic carbocycles. The molecule has 4 aromatic rings. The predicted molar refractivity (Wildman–Crippen MR) is 124 cm³/mol. The van der Waals surface area contributed by atoms with Crippen LogP contribution < -0.4 is 15.4 Å². The minimum Gasteiger partial charge on any atom is -0.497 e. The normalized spacial score (nSPS) is 14.3. The van der Waals surface area contributed by atoms with Crippen molar-refractivity contribution in [3.8, 4) is 17.1 Å². The number of carbonyl (C=O) groups excluding carboxylic acids is 2. The van der Waals surface area contributed by atoms with Crippen molar-refractivity contribution in [1.29, 1.82) is 0 Å². The number of nitrogens with zero attached hydrogens (tertiary/aromatic N) is 5. The maximum atomic E-state index is 12.9. The predicted octanol–water partition coefficient (Wildman–Crippen LogP) is 2.01. The minimum absolute atomic E-state index is 0.115. The van der Waals surface area contributed by atoms with Gasteiger partial charge >= 0.3 is 0 Å². The Kier molecular flexibility index (Phi) is 6.12. The van der Waals surface area contributed by atoms with Gasteiger partial charge in [-0.2, -0.15) is 5.21 Å². The number of aromatic amines is 1. The fraction of sp³-hybridized carbons (Fsp3) is 0.208. The zero-order valence-corrected chi connectivity index (χ0v) is 18.9. The van der Waals surface area contributed by atoms with Gasteiger partial charge < -0.3 is 15.4 Å². The van der Waals surface area contributed by atoms with Gasteiger partial charge in [0, 0.05) is 18.2 Å². The highest BCUT2D eigenvalue weighted by molar-refractivity contribution is 5.97. The van der Waals surface area contributed by atoms with E-state index in [1.807, 2.05) is 42.5 Å². The number of rotatable bonds is 7. The number of methoxy groups -OCH3 is 1. The molecule has 2 aromatic heterocycles. The summed E-state index contributed by atoms with van der Waals surface area (Å²) >= 11 is 0. The lowest BCUT2D eigenvalue weighted by Crippen LogP contribution is -2.29. The Morgan fingerprint density at radius 3 is 2.74 bits per heavy atom. The number of tetrazole rings is 1. The van der Waals surface area contributed by atoms with Crippen LogP contribution in [0.1, 0.15) is 50.1 Å². The number of nitrogens with one attached hydrogen (secondary N) is 3.